The molecule has 1 aromatic heterocycles. The van der Waals surface area contributed by atoms with Crippen LogP contribution in [0, 0.1) is 13.8 Å². The van der Waals surface area contributed by atoms with Gasteiger partial charge >= 0.3 is 12.1 Å². The van der Waals surface area contributed by atoms with Crippen LogP contribution < -0.4 is 4.90 Å². The molecule has 0 spiro atoms. The predicted molar refractivity (Wildman–Crippen MR) is 155 cm³/mol. The predicted octanol–water partition coefficient (Wildman–Crippen LogP) is 6.34. The summed E-state index contributed by atoms with van der Waals surface area (Å²) in [5, 5.41) is 0. The number of allylic oxidation sites excluding steroid dienone is 1. The van der Waals surface area contributed by atoms with Crippen LogP contribution in [0.25, 0.3) is 0 Å². The lowest BCUT2D eigenvalue weighted by atomic mass is 9.93. The minimum Gasteiger partial charge on any atom is -0.317 e. The Morgan fingerprint density at radius 1 is 0.975 bits per heavy atom. The molecule has 1 unspecified atom stereocenters. The molecule has 1 saturated heterocycles. The fourth-order valence-corrected chi connectivity index (χ4v) is 6.82. The summed E-state index contributed by atoms with van der Waals surface area (Å²) < 4.78 is 26.0. The van der Waals surface area contributed by atoms with Crippen LogP contribution in [-0.4, -0.2) is 48.1 Å². The Kier molecular flexibility index (Phi) is 7.27. The molecular weight excluding hydrogens is 524 g/mol. The van der Waals surface area contributed by atoms with Gasteiger partial charge in [0.05, 0.1) is 22.7 Å². The number of carbonyl (C=O) groups excluding carboxylic acids is 2. The zero-order valence-corrected chi connectivity index (χ0v) is 24.3. The number of urea groups is 2. The number of sulfone groups is 1. The van der Waals surface area contributed by atoms with Crippen molar-refractivity contribution in [1.82, 2.24) is 14.8 Å². The summed E-state index contributed by atoms with van der Waals surface area (Å²) >= 11 is 0. The highest BCUT2D eigenvalue weighted by molar-refractivity contribution is 7.90. The lowest BCUT2D eigenvalue weighted by molar-refractivity contribution is 0.140. The number of rotatable bonds is 4. The number of amides is 4. The number of hydrogen-bond acceptors (Lipinski definition) is 5. The van der Waals surface area contributed by atoms with Crippen LogP contribution in [0.2, 0.25) is 0 Å². The van der Waals surface area contributed by atoms with Gasteiger partial charge in [0.1, 0.15) is 0 Å². The summed E-state index contributed by atoms with van der Waals surface area (Å²) in [7, 11) is -3.66. The van der Waals surface area contributed by atoms with Crippen LogP contribution in [0.4, 0.5) is 15.3 Å². The molecule has 208 valence electrons. The van der Waals surface area contributed by atoms with Crippen LogP contribution in [0.3, 0.4) is 0 Å². The quantitative estimate of drug-likeness (QED) is 0.373. The van der Waals surface area contributed by atoms with E-state index in [1.807, 2.05) is 70.2 Å². The molecule has 0 aliphatic carbocycles. The number of nitrogens with zero attached hydrogens (tertiary/aromatic N) is 4. The Bertz CT molecular complexity index is 1620. The standard InChI is InChI=1S/C31H34N4O4S/c1-20-9-6-11-25(17-20)34-23(4)22(3)29(26-14-13-21(2)18-28(26)40(5,38)39)35(31(34)37)30(36)33-16-8-12-27(33)24-10-7-15-32-19-24/h6-7,9-11,13-15,17-19,27,29H,8,12,16H2,1-5H3/t27?,29-/m0/s1. The highest BCUT2D eigenvalue weighted by atomic mass is 32.2. The van der Waals surface area contributed by atoms with Gasteiger partial charge < -0.3 is 4.90 Å². The number of aryl methyl sites for hydroxylation is 2. The summed E-state index contributed by atoms with van der Waals surface area (Å²) in [6, 6.07) is 14.4. The van der Waals surface area contributed by atoms with Crippen molar-refractivity contribution >= 4 is 27.6 Å². The number of likely N-dealkylation sites (tertiary alicyclic amines) is 1. The van der Waals surface area contributed by atoms with Gasteiger partial charge in [-0.15, -0.1) is 0 Å². The maximum Gasteiger partial charge on any atom is 0.337 e. The third kappa shape index (κ3) is 4.90. The highest BCUT2D eigenvalue weighted by Crippen LogP contribution is 2.43. The maximum absolute atomic E-state index is 14.5. The molecule has 0 radical (unpaired) electrons. The van der Waals surface area contributed by atoms with Crippen molar-refractivity contribution in [3.05, 3.63) is 101 Å². The molecule has 2 aliphatic heterocycles. The molecule has 9 heteroatoms. The summed E-state index contributed by atoms with van der Waals surface area (Å²) in [4.78, 5) is 37.9. The van der Waals surface area contributed by atoms with Gasteiger partial charge in [0.2, 0.25) is 0 Å². The molecule has 0 saturated carbocycles. The summed E-state index contributed by atoms with van der Waals surface area (Å²) in [6.07, 6.45) is 6.13. The second kappa shape index (κ2) is 10.5. The van der Waals surface area contributed by atoms with Crippen molar-refractivity contribution in [2.75, 3.05) is 17.7 Å². The fourth-order valence-electron chi connectivity index (χ4n) is 5.81. The van der Waals surface area contributed by atoms with E-state index in [2.05, 4.69) is 4.98 Å². The number of hydrogen-bond donors (Lipinski definition) is 0. The SMILES string of the molecule is CC1=C(C)N(c2cccc(C)c2)C(=O)N(C(=O)N2CCCC2c2cccnc2)[C@@H]1c1ccc(C)cc1S(C)(=O)=O. The van der Waals surface area contributed by atoms with E-state index in [1.165, 1.54) is 4.90 Å². The summed E-state index contributed by atoms with van der Waals surface area (Å²) in [5.74, 6) is 0. The lowest BCUT2D eigenvalue weighted by Crippen LogP contribution is -2.55. The number of carbonyl (C=O) groups is 2. The van der Waals surface area contributed by atoms with Crippen molar-refractivity contribution in [3.8, 4) is 0 Å². The Morgan fingerprint density at radius 3 is 2.40 bits per heavy atom. The van der Waals surface area contributed by atoms with Crippen LogP contribution in [0.1, 0.15) is 61.0 Å². The molecular formula is C31H34N4O4S. The topological polar surface area (TPSA) is 90.9 Å². The Balaban J connectivity index is 1.70. The van der Waals surface area contributed by atoms with Crippen LogP contribution in [0.15, 0.2) is 83.2 Å². The number of imide groups is 1. The van der Waals surface area contributed by atoms with E-state index >= 15 is 0 Å². The molecule has 2 aromatic carbocycles. The first kappa shape index (κ1) is 27.6. The third-order valence-electron chi connectivity index (χ3n) is 7.87. The van der Waals surface area contributed by atoms with Crippen molar-refractivity contribution in [2.24, 2.45) is 0 Å². The smallest absolute Gasteiger partial charge is 0.317 e. The first-order valence-corrected chi connectivity index (χ1v) is 15.3. The van der Waals surface area contributed by atoms with Gasteiger partial charge in [0.15, 0.2) is 9.84 Å². The molecule has 3 aromatic rings. The lowest BCUT2D eigenvalue weighted by Gasteiger charge is -2.44. The molecule has 0 bridgehead atoms. The zero-order valence-electron chi connectivity index (χ0n) is 23.5. The summed E-state index contributed by atoms with van der Waals surface area (Å²) in [6.45, 7) is 7.96. The van der Waals surface area contributed by atoms with E-state index in [4.69, 9.17) is 0 Å². The van der Waals surface area contributed by atoms with E-state index in [1.54, 1.807) is 34.3 Å². The van der Waals surface area contributed by atoms with Gasteiger partial charge in [-0.1, -0.05) is 30.3 Å². The van der Waals surface area contributed by atoms with E-state index in [-0.39, 0.29) is 10.9 Å². The minimum absolute atomic E-state index is 0.115. The zero-order chi connectivity index (χ0) is 28.8. The molecule has 0 N–H and O–H groups in total. The largest absolute Gasteiger partial charge is 0.337 e. The van der Waals surface area contributed by atoms with E-state index in [0.29, 0.717) is 23.5 Å². The van der Waals surface area contributed by atoms with E-state index < -0.39 is 27.9 Å². The maximum atomic E-state index is 14.5. The van der Waals surface area contributed by atoms with E-state index in [0.717, 1.165) is 41.4 Å². The second-order valence-electron chi connectivity index (χ2n) is 10.7. The average Bonchev–Trinajstić information content (AvgIpc) is 3.41. The molecule has 4 amide bonds. The number of aromatic nitrogens is 1. The van der Waals surface area contributed by atoms with Gasteiger partial charge in [-0.25, -0.2) is 22.9 Å². The van der Waals surface area contributed by atoms with Crippen LogP contribution in [0.5, 0.6) is 0 Å². The van der Waals surface area contributed by atoms with Gasteiger partial charge in [0.25, 0.3) is 0 Å². The van der Waals surface area contributed by atoms with Crippen LogP contribution in [-0.2, 0) is 9.84 Å². The van der Waals surface area contributed by atoms with Crippen LogP contribution >= 0.6 is 0 Å². The van der Waals surface area contributed by atoms with Crippen molar-refractivity contribution in [3.63, 3.8) is 0 Å². The molecule has 1 fully saturated rings. The molecule has 8 nitrogen and oxygen atoms in total. The second-order valence-corrected chi connectivity index (χ2v) is 12.7. The first-order chi connectivity index (χ1) is 19.0. The van der Waals surface area contributed by atoms with Gasteiger partial charge in [-0.05, 0) is 92.6 Å². The van der Waals surface area contributed by atoms with Gasteiger partial charge in [0, 0.05) is 30.9 Å². The Labute approximate surface area is 235 Å². The fraction of sp³-hybridized carbons (Fsp3) is 0.323. The third-order valence-corrected chi connectivity index (χ3v) is 9.02. The van der Waals surface area contributed by atoms with Gasteiger partial charge in [-0.2, -0.15) is 0 Å². The molecule has 40 heavy (non-hydrogen) atoms. The average molecular weight is 559 g/mol. The molecule has 2 atom stereocenters. The van der Waals surface area contributed by atoms with E-state index in [9.17, 15) is 18.0 Å². The molecule has 2 aliphatic rings. The van der Waals surface area contributed by atoms with Crippen molar-refractivity contribution in [1.29, 1.82) is 0 Å². The first-order valence-electron chi connectivity index (χ1n) is 13.4. The monoisotopic (exact) mass is 558 g/mol. The van der Waals surface area contributed by atoms with Crippen molar-refractivity contribution in [2.45, 2.75) is 57.5 Å². The number of anilines is 1. The Hall–Kier alpha value is -3.98. The minimum atomic E-state index is -3.66. The number of pyridine rings is 1. The van der Waals surface area contributed by atoms with Crippen molar-refractivity contribution < 1.29 is 18.0 Å². The molecule has 3 heterocycles. The van der Waals surface area contributed by atoms with Gasteiger partial charge in [-0.3, -0.25) is 9.88 Å². The molecule has 5 rings (SSSR count). The summed E-state index contributed by atoms with van der Waals surface area (Å²) in [5.41, 5.74) is 5.10. The Morgan fingerprint density at radius 2 is 1.73 bits per heavy atom. The highest BCUT2D eigenvalue weighted by Gasteiger charge is 2.46. The normalized spacial score (nSPS) is 19.9. The number of benzene rings is 2.